The Labute approximate surface area is 131 Å². The molecule has 0 spiro atoms. The second-order valence-electron chi connectivity index (χ2n) is 5.05. The molecule has 0 saturated heterocycles. The highest BCUT2D eigenvalue weighted by molar-refractivity contribution is 9.10. The number of nitrogens with zero attached hydrogens (tertiary/aromatic N) is 2. The summed E-state index contributed by atoms with van der Waals surface area (Å²) in [5, 5.41) is 14.4. The molecule has 21 heavy (non-hydrogen) atoms. The Hall–Kier alpha value is -1.43. The molecule has 0 aliphatic heterocycles. The normalized spacial score (nSPS) is 16.7. The van der Waals surface area contributed by atoms with E-state index in [1.807, 2.05) is 0 Å². The Balaban J connectivity index is 2.42. The van der Waals surface area contributed by atoms with Crippen LogP contribution in [-0.2, 0) is 10.0 Å². The van der Waals surface area contributed by atoms with Gasteiger partial charge in [-0.15, -0.1) is 0 Å². The van der Waals surface area contributed by atoms with E-state index in [9.17, 15) is 18.5 Å². The maximum atomic E-state index is 12.6. The van der Waals surface area contributed by atoms with Crippen LogP contribution in [0.3, 0.4) is 0 Å². The first-order chi connectivity index (χ1) is 9.71. The van der Waals surface area contributed by atoms with Crippen LogP contribution in [0, 0.1) is 11.3 Å². The molecule has 0 aromatic heterocycles. The van der Waals surface area contributed by atoms with Crippen molar-refractivity contribution in [2.75, 3.05) is 7.05 Å². The van der Waals surface area contributed by atoms with Crippen molar-refractivity contribution in [3.05, 3.63) is 28.2 Å². The Bertz CT molecular complexity index is 736. The Morgan fingerprint density at radius 3 is 2.52 bits per heavy atom. The summed E-state index contributed by atoms with van der Waals surface area (Å²) >= 11 is 3.23. The molecular formula is C13H14BrN3O3S. The summed E-state index contributed by atoms with van der Waals surface area (Å²) in [5.41, 5.74) is -0.626. The van der Waals surface area contributed by atoms with Gasteiger partial charge < -0.3 is 4.90 Å². The number of rotatable bonds is 3. The number of amides is 1. The van der Waals surface area contributed by atoms with E-state index in [1.54, 1.807) is 7.05 Å². The highest BCUT2D eigenvalue weighted by atomic mass is 79.9. The van der Waals surface area contributed by atoms with Crippen molar-refractivity contribution >= 4 is 31.9 Å². The molecule has 0 unspecified atom stereocenters. The Kier molecular flexibility index (Phi) is 4.10. The van der Waals surface area contributed by atoms with Crippen molar-refractivity contribution in [3.8, 4) is 6.07 Å². The SMILES string of the molecule is CN(C(=O)c1cc(S(N)(=O)=O)ccc1Br)C1(C#N)CCC1. The lowest BCUT2D eigenvalue weighted by Gasteiger charge is -2.43. The zero-order valence-electron chi connectivity index (χ0n) is 11.3. The van der Waals surface area contributed by atoms with E-state index in [2.05, 4.69) is 22.0 Å². The van der Waals surface area contributed by atoms with Crippen molar-refractivity contribution in [2.24, 2.45) is 5.14 Å². The molecule has 1 saturated carbocycles. The van der Waals surface area contributed by atoms with Crippen molar-refractivity contribution in [3.63, 3.8) is 0 Å². The molecule has 6 nitrogen and oxygen atoms in total. The standard InChI is InChI=1S/C13H14BrN3O3S/c1-17(13(8-15)5-2-6-13)12(18)10-7-9(21(16,19)20)3-4-11(10)14/h3-4,7H,2,5-6H2,1H3,(H2,16,19,20). The zero-order chi connectivity index (χ0) is 15.8. The van der Waals surface area contributed by atoms with Crippen LogP contribution in [0.15, 0.2) is 27.6 Å². The van der Waals surface area contributed by atoms with E-state index < -0.39 is 21.5 Å². The summed E-state index contributed by atoms with van der Waals surface area (Å²) in [6.45, 7) is 0. The number of nitrogens with two attached hydrogens (primary N) is 1. The van der Waals surface area contributed by atoms with Gasteiger partial charge in [0.25, 0.3) is 5.91 Å². The zero-order valence-corrected chi connectivity index (χ0v) is 13.7. The van der Waals surface area contributed by atoms with Crippen molar-refractivity contribution < 1.29 is 13.2 Å². The number of nitriles is 1. The van der Waals surface area contributed by atoms with Gasteiger partial charge in [-0.05, 0) is 53.4 Å². The maximum Gasteiger partial charge on any atom is 0.256 e. The quantitative estimate of drug-likeness (QED) is 0.870. The van der Waals surface area contributed by atoms with E-state index in [0.717, 1.165) is 6.42 Å². The number of carbonyl (C=O) groups excluding carboxylic acids is 1. The van der Waals surface area contributed by atoms with Gasteiger partial charge in [0.05, 0.1) is 16.5 Å². The first-order valence-corrected chi connectivity index (χ1v) is 8.57. The van der Waals surface area contributed by atoms with Crippen molar-refractivity contribution in [2.45, 2.75) is 29.7 Å². The van der Waals surface area contributed by atoms with Crippen LogP contribution in [0.25, 0.3) is 0 Å². The lowest BCUT2D eigenvalue weighted by atomic mass is 9.76. The lowest BCUT2D eigenvalue weighted by Crippen LogP contribution is -2.53. The van der Waals surface area contributed by atoms with Crippen LogP contribution in [0.5, 0.6) is 0 Å². The highest BCUT2D eigenvalue weighted by Gasteiger charge is 2.44. The lowest BCUT2D eigenvalue weighted by molar-refractivity contribution is 0.0496. The number of halogens is 1. The second kappa shape index (κ2) is 5.40. The fourth-order valence-corrected chi connectivity index (χ4v) is 3.21. The predicted octanol–water partition coefficient (Wildman–Crippen LogP) is 1.61. The fraction of sp³-hybridized carbons (Fsp3) is 0.385. The van der Waals surface area contributed by atoms with Gasteiger partial charge in [-0.1, -0.05) is 0 Å². The molecule has 8 heteroatoms. The van der Waals surface area contributed by atoms with Crippen LogP contribution in [0.1, 0.15) is 29.6 Å². The average Bonchev–Trinajstić information content (AvgIpc) is 2.36. The molecule has 0 bridgehead atoms. The average molecular weight is 372 g/mol. The largest absolute Gasteiger partial charge is 0.323 e. The molecular weight excluding hydrogens is 358 g/mol. The van der Waals surface area contributed by atoms with Gasteiger partial charge in [-0.3, -0.25) is 4.79 Å². The summed E-state index contributed by atoms with van der Waals surface area (Å²) in [6, 6.07) is 6.18. The minimum atomic E-state index is -3.89. The molecule has 1 aliphatic rings. The Morgan fingerprint density at radius 2 is 2.10 bits per heavy atom. The van der Waals surface area contributed by atoms with Crippen molar-refractivity contribution in [1.29, 1.82) is 5.26 Å². The van der Waals surface area contributed by atoms with E-state index >= 15 is 0 Å². The van der Waals surface area contributed by atoms with Gasteiger partial charge in [0.1, 0.15) is 5.54 Å². The third kappa shape index (κ3) is 2.81. The number of carbonyl (C=O) groups is 1. The summed E-state index contributed by atoms with van der Waals surface area (Å²) in [7, 11) is -2.33. The highest BCUT2D eigenvalue weighted by Crippen LogP contribution is 2.37. The summed E-state index contributed by atoms with van der Waals surface area (Å²) in [4.78, 5) is 13.8. The van der Waals surface area contributed by atoms with Crippen LogP contribution < -0.4 is 5.14 Å². The summed E-state index contributed by atoms with van der Waals surface area (Å²) in [6.07, 6.45) is 2.14. The van der Waals surface area contributed by atoms with Gasteiger partial charge in [0.2, 0.25) is 10.0 Å². The third-order valence-corrected chi connectivity index (χ3v) is 5.43. The van der Waals surface area contributed by atoms with E-state index in [1.165, 1.54) is 23.1 Å². The van der Waals surface area contributed by atoms with E-state index in [-0.39, 0.29) is 10.5 Å². The van der Waals surface area contributed by atoms with E-state index in [4.69, 9.17) is 5.14 Å². The molecule has 1 aromatic rings. The first kappa shape index (κ1) is 15.9. The maximum absolute atomic E-state index is 12.6. The molecule has 0 heterocycles. The van der Waals surface area contributed by atoms with Gasteiger partial charge in [-0.2, -0.15) is 5.26 Å². The smallest absolute Gasteiger partial charge is 0.256 e. The van der Waals surface area contributed by atoms with Crippen LogP contribution in [0.4, 0.5) is 0 Å². The molecule has 0 atom stereocenters. The van der Waals surface area contributed by atoms with E-state index in [0.29, 0.717) is 17.3 Å². The number of primary sulfonamides is 1. The number of benzene rings is 1. The molecule has 2 rings (SSSR count). The number of hydrogen-bond donors (Lipinski definition) is 1. The van der Waals surface area contributed by atoms with Crippen LogP contribution in [0.2, 0.25) is 0 Å². The van der Waals surface area contributed by atoms with Crippen LogP contribution in [-0.4, -0.2) is 31.8 Å². The molecule has 2 N–H and O–H groups in total. The number of hydrogen-bond acceptors (Lipinski definition) is 4. The summed E-state index contributed by atoms with van der Waals surface area (Å²) < 4.78 is 23.2. The Morgan fingerprint density at radius 1 is 1.48 bits per heavy atom. The molecule has 1 aliphatic carbocycles. The number of sulfonamides is 1. The van der Waals surface area contributed by atoms with Crippen LogP contribution >= 0.6 is 15.9 Å². The molecule has 0 radical (unpaired) electrons. The minimum Gasteiger partial charge on any atom is -0.323 e. The first-order valence-electron chi connectivity index (χ1n) is 6.23. The predicted molar refractivity (Wildman–Crippen MR) is 79.8 cm³/mol. The summed E-state index contributed by atoms with van der Waals surface area (Å²) in [5.74, 6) is -0.409. The fourth-order valence-electron chi connectivity index (χ4n) is 2.25. The van der Waals surface area contributed by atoms with Gasteiger partial charge in [0, 0.05) is 11.5 Å². The topological polar surface area (TPSA) is 104 Å². The molecule has 112 valence electrons. The third-order valence-electron chi connectivity index (χ3n) is 3.83. The molecule has 1 amide bonds. The van der Waals surface area contributed by atoms with Gasteiger partial charge in [-0.25, -0.2) is 13.6 Å². The van der Waals surface area contributed by atoms with Gasteiger partial charge >= 0.3 is 0 Å². The minimum absolute atomic E-state index is 0.137. The van der Waals surface area contributed by atoms with Crippen molar-refractivity contribution in [1.82, 2.24) is 4.90 Å². The molecule has 1 fully saturated rings. The molecule has 1 aromatic carbocycles. The second-order valence-corrected chi connectivity index (χ2v) is 7.46. The monoisotopic (exact) mass is 371 g/mol. The van der Waals surface area contributed by atoms with Gasteiger partial charge in [0.15, 0.2) is 0 Å².